The van der Waals surface area contributed by atoms with Gasteiger partial charge in [0, 0.05) is 121 Å². The van der Waals surface area contributed by atoms with Gasteiger partial charge in [-0.2, -0.15) is 0 Å². The summed E-state index contributed by atoms with van der Waals surface area (Å²) in [5.41, 5.74) is 6.25. The van der Waals surface area contributed by atoms with Crippen LogP contribution in [0.1, 0.15) is 174 Å². The van der Waals surface area contributed by atoms with Gasteiger partial charge in [-0.25, -0.2) is 0 Å². The normalized spacial score (nSPS) is 17.2. The monoisotopic (exact) mass is 1860 g/mol. The summed E-state index contributed by atoms with van der Waals surface area (Å²) in [6, 6.07) is 71.7. The van der Waals surface area contributed by atoms with Gasteiger partial charge in [-0.15, -0.1) is 95.1 Å². The zero-order chi connectivity index (χ0) is 106. The number of aryl methyl sites for hydroxylation is 9. The van der Waals surface area contributed by atoms with Crippen molar-refractivity contribution in [2.45, 2.75) is 143 Å². The Bertz CT molecular complexity index is 7100. The summed E-state index contributed by atoms with van der Waals surface area (Å²) in [5, 5.41) is 2.38. The Morgan fingerprint density at radius 2 is 0.714 bits per heavy atom. The molecule has 0 saturated heterocycles. The molecular weight excluding hydrogens is 1720 g/mol. The van der Waals surface area contributed by atoms with Crippen molar-refractivity contribution in [2.24, 2.45) is 16.2 Å². The fraction of sp³-hybridized carbons (Fsp3) is 0.231. The fourth-order valence-electron chi connectivity index (χ4n) is 12.7. The second kappa shape index (κ2) is 35.2. The van der Waals surface area contributed by atoms with Crippen LogP contribution in [0.2, 0.25) is 0 Å². The van der Waals surface area contributed by atoms with Gasteiger partial charge in [0.1, 0.15) is 11.2 Å². The van der Waals surface area contributed by atoms with Gasteiger partial charge in [0.05, 0.1) is 11.2 Å². The molecule has 2 radical (unpaired) electrons. The predicted molar refractivity (Wildman–Crippen MR) is 462 cm³/mol. The van der Waals surface area contributed by atoms with Crippen LogP contribution in [0.5, 0.6) is 0 Å². The van der Waals surface area contributed by atoms with Crippen molar-refractivity contribution < 1.29 is 94.3 Å². The van der Waals surface area contributed by atoms with Crippen LogP contribution in [-0.2, 0) is 59.3 Å². The first-order chi connectivity index (χ1) is 65.8. The van der Waals surface area contributed by atoms with Crippen LogP contribution in [0.15, 0.2) is 252 Å². The summed E-state index contributed by atoms with van der Waals surface area (Å²) >= 11 is 0. The Balaban J connectivity index is 0.000000188. The van der Waals surface area contributed by atoms with Gasteiger partial charge in [-0.1, -0.05) is 279 Å². The Kier molecular flexibility index (Phi) is 15.5. The van der Waals surface area contributed by atoms with Crippen molar-refractivity contribution >= 4 is 43.9 Å². The fourth-order valence-corrected chi connectivity index (χ4v) is 12.7. The molecule has 0 spiro atoms. The molecule has 6 aromatic heterocycles. The second-order valence-electron chi connectivity index (χ2n) is 29.6. The van der Waals surface area contributed by atoms with Crippen LogP contribution >= 0.6 is 0 Å². The van der Waals surface area contributed by atoms with E-state index in [0.717, 1.165) is 11.1 Å². The number of fused-ring (bicyclic) bond motifs is 6. The average molecular weight is 1860 g/mol. The van der Waals surface area contributed by atoms with Crippen molar-refractivity contribution in [1.82, 2.24) is 19.9 Å². The van der Waals surface area contributed by atoms with Gasteiger partial charge < -0.3 is 28.8 Å². The maximum atomic E-state index is 8.69. The molecule has 16 rings (SSSR count). The van der Waals surface area contributed by atoms with Gasteiger partial charge in [0.15, 0.2) is 0 Å². The van der Waals surface area contributed by atoms with E-state index in [9.17, 15) is 0 Å². The van der Waals surface area contributed by atoms with Gasteiger partial charge in [-0.05, 0) is 195 Å². The van der Waals surface area contributed by atoms with Crippen LogP contribution in [0.3, 0.4) is 0 Å². The van der Waals surface area contributed by atoms with Crippen molar-refractivity contribution in [3.8, 4) is 89.5 Å². The molecule has 0 atom stereocenters. The summed E-state index contributed by atoms with van der Waals surface area (Å²) < 4.78 is 279. The largest absolute Gasteiger partial charge is 0.500 e. The van der Waals surface area contributed by atoms with Crippen LogP contribution in [0.4, 0.5) is 0 Å². The molecule has 16 aromatic rings. The molecule has 570 valence electrons. The summed E-state index contributed by atoms with van der Waals surface area (Å²) in [7, 11) is 0. The molecule has 0 unspecified atom stereocenters. The van der Waals surface area contributed by atoms with Gasteiger partial charge in [0.2, 0.25) is 0 Å². The van der Waals surface area contributed by atoms with E-state index in [1.165, 1.54) is 97.5 Å². The molecule has 0 saturated carbocycles. The zero-order valence-electron chi connectivity index (χ0n) is 95.9. The number of hydrogen-bond donors (Lipinski definition) is 0. The third-order valence-electron chi connectivity index (χ3n) is 17.6. The van der Waals surface area contributed by atoms with Crippen LogP contribution in [0, 0.1) is 102 Å². The topological polar surface area (TPSA) is 77.8 Å². The van der Waals surface area contributed by atoms with Crippen LogP contribution in [-0.4, -0.2) is 19.9 Å². The van der Waals surface area contributed by atoms with E-state index in [1.807, 2.05) is 81.4 Å². The number of hydrogen-bond acceptors (Lipinski definition) is 6. The van der Waals surface area contributed by atoms with Crippen LogP contribution < -0.4 is 0 Å². The summed E-state index contributed by atoms with van der Waals surface area (Å²) in [6.07, 6.45) is -0.0889. The molecule has 10 aromatic carbocycles. The molecule has 0 aliphatic heterocycles. The number of aromatic nitrogens is 4. The molecule has 0 N–H and O–H groups in total. The van der Waals surface area contributed by atoms with Crippen molar-refractivity contribution in [3.63, 3.8) is 0 Å². The first-order valence-electron chi connectivity index (χ1n) is 52.0. The van der Waals surface area contributed by atoms with E-state index in [2.05, 4.69) is 44.2 Å². The number of pyridine rings is 4. The zero-order valence-corrected chi connectivity index (χ0v) is 67.7. The third-order valence-corrected chi connectivity index (χ3v) is 17.6. The molecule has 0 bridgehead atoms. The van der Waals surface area contributed by atoms with E-state index in [4.69, 9.17) is 54.1 Å². The number of nitrogens with zero attached hydrogens (tertiary/aromatic N) is 4. The standard InChI is InChI=1S/2C31H30NO.C23H24N.C19H16N.2Ir/c2*1-19-9-7-10-24-25-11-8-12-26(30(25)33-29(19)24)28-16-27(21(3)18-32-28)23-14-13-22(15-20(23)2)17-31(4,5)6;1-17-10-12-20(14-21(17)19-8-6-5-7-9-19)22-13-11-18(16-24-22)15-23(2,3)4;1-14-8-11-19(20-13-14)17-10-9-15(2)18(12-17)16-6-4-3-5-7-16;;/h2*7-11,13-16,18H,17H2,1-6H3;5-11,13-14,16H,15H2,1-4H3;3-9,11-13H,1-2H3;;/q4*-1;;/i2*1D3,2D3,3D3,17D2;1D3,15D2;1D3,2D3;;. The van der Waals surface area contributed by atoms with Crippen molar-refractivity contribution in [2.75, 3.05) is 0 Å². The minimum atomic E-state index is -2.70. The molecule has 0 aliphatic rings. The number of furan rings is 2. The average Bonchev–Trinajstić information content (AvgIpc) is 1.66. The van der Waals surface area contributed by atoms with E-state index in [1.54, 1.807) is 127 Å². The smallest absolute Gasteiger partial charge is 0.123 e. The summed E-state index contributed by atoms with van der Waals surface area (Å²) in [6.45, 7) is -6.44. The number of para-hydroxylation sites is 2. The molecule has 0 amide bonds. The molecule has 6 heterocycles. The van der Waals surface area contributed by atoms with Gasteiger partial charge >= 0.3 is 0 Å². The minimum absolute atomic E-state index is 0. The third kappa shape index (κ3) is 19.6. The van der Waals surface area contributed by atoms with E-state index >= 15 is 0 Å². The molecule has 0 aliphatic carbocycles. The molecule has 112 heavy (non-hydrogen) atoms. The molecular formula is C104H100Ir2N4O2-4. The molecule has 6 nitrogen and oxygen atoms in total. The van der Waals surface area contributed by atoms with Crippen LogP contribution in [0.25, 0.3) is 133 Å². The van der Waals surface area contributed by atoms with Gasteiger partial charge in [0.25, 0.3) is 0 Å². The summed E-state index contributed by atoms with van der Waals surface area (Å²) in [4.78, 5) is 17.5. The first kappa shape index (κ1) is 49.3. The predicted octanol–water partition coefficient (Wildman–Crippen LogP) is 28.2. The maximum Gasteiger partial charge on any atom is 0.123 e. The van der Waals surface area contributed by atoms with Gasteiger partial charge in [-0.3, -0.25) is 0 Å². The molecule has 8 heteroatoms. The SMILES string of the molecule is [2H]C([2H])([2H])c1c[c-]c(-c2ccc(C([2H])([2H])C(C)(C)C)cn2)cc1-c1ccccc1.[2H]C([2H])([2H])c1ccc(-c2[c-]cc(C([2H])([2H])[2H])c(-c3ccccc3)c2)nc1.[2H]C([2H])([2H])c1cnc(-c2[c-]ccc3c2oc2c(C([2H])([2H])[2H])cccc23)cc1-c1ccc(C([2H])([2H])C(C)(C)C)cc1C([2H])([2H])[2H].[2H]C([2H])([2H])c1cnc(-c2[c-]ccc3c2oc2c(C([2H])([2H])[2H])cccc23)cc1-c1ccc(C([2H])([2H])C(C)(C)C)cc1C([2H])([2H])[2H].[Ir].[Ir]. The number of rotatable bonds is 11. The second-order valence-corrected chi connectivity index (χ2v) is 29.6. The molecule has 0 fully saturated rings. The van der Waals surface area contributed by atoms with Crippen molar-refractivity contribution in [1.29, 1.82) is 0 Å². The number of benzene rings is 10. The maximum absolute atomic E-state index is 8.69. The Labute approximate surface area is 737 Å². The first-order valence-corrected chi connectivity index (χ1v) is 35.5. The quantitative estimate of drug-likeness (QED) is 0.120. The summed E-state index contributed by atoms with van der Waals surface area (Å²) in [5.74, 6) is 0. The van der Waals surface area contributed by atoms with Crippen molar-refractivity contribution in [3.05, 3.63) is 334 Å². The Morgan fingerprint density at radius 3 is 1.11 bits per heavy atom. The Morgan fingerprint density at radius 1 is 0.312 bits per heavy atom. The Hall–Kier alpha value is -10.3. The van der Waals surface area contributed by atoms with E-state index in [-0.39, 0.29) is 146 Å². The van der Waals surface area contributed by atoms with E-state index < -0.39 is 97.0 Å². The minimum Gasteiger partial charge on any atom is -0.500 e. The van der Waals surface area contributed by atoms with E-state index in [0.29, 0.717) is 83.0 Å².